The van der Waals surface area contributed by atoms with Crippen LogP contribution in [0.3, 0.4) is 0 Å². The minimum Gasteiger partial charge on any atom is -0.493 e. The van der Waals surface area contributed by atoms with Gasteiger partial charge in [-0.25, -0.2) is 8.42 Å². The number of fused-ring (bicyclic) bond motifs is 3. The Bertz CT molecular complexity index is 1140. The first-order chi connectivity index (χ1) is 14.7. The highest BCUT2D eigenvalue weighted by Crippen LogP contribution is 2.50. The number of ether oxygens (including phenoxy) is 3. The number of sulfone groups is 1. The maximum atomic E-state index is 12.3. The maximum absolute atomic E-state index is 12.3. The monoisotopic (exact) mass is 445 g/mol. The van der Waals surface area contributed by atoms with Crippen molar-refractivity contribution in [2.75, 3.05) is 27.6 Å². The van der Waals surface area contributed by atoms with Gasteiger partial charge in [-0.3, -0.25) is 4.79 Å². The van der Waals surface area contributed by atoms with Gasteiger partial charge in [0.05, 0.1) is 32.3 Å². The second kappa shape index (κ2) is 9.01. The van der Waals surface area contributed by atoms with Gasteiger partial charge in [0.1, 0.15) is 0 Å². The zero-order valence-electron chi connectivity index (χ0n) is 18.3. The van der Waals surface area contributed by atoms with Crippen LogP contribution in [0.15, 0.2) is 41.3 Å². The summed E-state index contributed by atoms with van der Waals surface area (Å²) in [6, 6.07) is 6.50. The van der Waals surface area contributed by atoms with Crippen molar-refractivity contribution in [3.8, 4) is 28.4 Å². The summed E-state index contributed by atoms with van der Waals surface area (Å²) in [4.78, 5) is 12.5. The first-order valence-electron chi connectivity index (χ1n) is 9.84. The van der Waals surface area contributed by atoms with E-state index < -0.39 is 9.84 Å². The zero-order chi connectivity index (χ0) is 22.8. The van der Waals surface area contributed by atoms with Gasteiger partial charge in [-0.15, -0.1) is 0 Å². The van der Waals surface area contributed by atoms with Gasteiger partial charge in [0, 0.05) is 11.8 Å². The minimum absolute atomic E-state index is 0.194. The molecule has 1 atom stereocenters. The van der Waals surface area contributed by atoms with Crippen LogP contribution in [0.2, 0.25) is 0 Å². The molecule has 1 aliphatic carbocycles. The number of hydrogen-bond acceptors (Lipinski definition) is 6. The predicted molar refractivity (Wildman–Crippen MR) is 119 cm³/mol. The molecule has 0 bridgehead atoms. The standard InChI is InChI=1S/C23H27NO6S/c1-6-7-20(25)24-18-11-8-14-12-19(28-2)22(29-3)23(30-4)21(14)16-10-9-15(13-17(16)18)31(5,26)27/h6-7,9-10,12-13,18H,8,11H2,1-5H3,(H,24,25). The van der Waals surface area contributed by atoms with Gasteiger partial charge in [-0.05, 0) is 60.7 Å². The fraction of sp³-hybridized carbons (Fsp3) is 0.348. The lowest BCUT2D eigenvalue weighted by atomic mass is 9.93. The molecule has 1 N–H and O–H groups in total. The molecule has 2 aromatic rings. The number of hydrogen-bond donors (Lipinski definition) is 1. The van der Waals surface area contributed by atoms with Crippen molar-refractivity contribution in [1.29, 1.82) is 0 Å². The predicted octanol–water partition coefficient (Wildman–Crippen LogP) is 3.46. The highest BCUT2D eigenvalue weighted by atomic mass is 32.2. The molecule has 0 radical (unpaired) electrons. The van der Waals surface area contributed by atoms with E-state index in [2.05, 4.69) is 5.32 Å². The van der Waals surface area contributed by atoms with Crippen molar-refractivity contribution in [3.05, 3.63) is 47.5 Å². The third-order valence-corrected chi connectivity index (χ3v) is 6.45. The van der Waals surface area contributed by atoms with E-state index in [1.54, 1.807) is 45.4 Å². The Balaban J connectivity index is 2.32. The van der Waals surface area contributed by atoms with Crippen molar-refractivity contribution in [3.63, 3.8) is 0 Å². The van der Waals surface area contributed by atoms with Gasteiger partial charge in [0.25, 0.3) is 0 Å². The molecule has 0 saturated carbocycles. The van der Waals surface area contributed by atoms with Gasteiger partial charge >= 0.3 is 0 Å². The van der Waals surface area contributed by atoms with Gasteiger partial charge in [-0.1, -0.05) is 12.1 Å². The summed E-state index contributed by atoms with van der Waals surface area (Å²) >= 11 is 0. The van der Waals surface area contributed by atoms with Gasteiger partial charge in [-0.2, -0.15) is 0 Å². The molecule has 0 heterocycles. The molecule has 0 spiro atoms. The lowest BCUT2D eigenvalue weighted by Gasteiger charge is -2.21. The van der Waals surface area contributed by atoms with Crippen molar-refractivity contribution in [2.24, 2.45) is 0 Å². The van der Waals surface area contributed by atoms with Crippen LogP contribution in [-0.2, 0) is 21.1 Å². The smallest absolute Gasteiger partial charge is 0.244 e. The number of carbonyl (C=O) groups excluding carboxylic acids is 1. The Hall–Kier alpha value is -3.00. The quantitative estimate of drug-likeness (QED) is 0.685. The number of nitrogens with one attached hydrogen (secondary N) is 1. The number of carbonyl (C=O) groups is 1. The third kappa shape index (κ3) is 4.39. The summed E-state index contributed by atoms with van der Waals surface area (Å²) in [5.74, 6) is 1.27. The summed E-state index contributed by atoms with van der Waals surface area (Å²) in [5, 5.41) is 3.00. The highest BCUT2D eigenvalue weighted by Gasteiger charge is 2.30. The third-order valence-electron chi connectivity index (χ3n) is 5.34. The lowest BCUT2D eigenvalue weighted by Crippen LogP contribution is -2.27. The molecule has 1 amide bonds. The number of aryl methyl sites for hydroxylation is 1. The molecule has 31 heavy (non-hydrogen) atoms. The molecule has 7 nitrogen and oxygen atoms in total. The van der Waals surface area contributed by atoms with Crippen molar-refractivity contribution < 1.29 is 27.4 Å². The van der Waals surface area contributed by atoms with E-state index >= 15 is 0 Å². The number of benzene rings is 2. The highest BCUT2D eigenvalue weighted by molar-refractivity contribution is 7.90. The Labute approximate surface area is 182 Å². The van der Waals surface area contributed by atoms with Crippen LogP contribution in [0.5, 0.6) is 17.2 Å². The molecule has 0 saturated heterocycles. The van der Waals surface area contributed by atoms with Crippen LogP contribution in [0.4, 0.5) is 0 Å². The van der Waals surface area contributed by atoms with Gasteiger partial charge in [0.15, 0.2) is 21.3 Å². The Kier molecular flexibility index (Phi) is 6.59. The fourth-order valence-corrected chi connectivity index (χ4v) is 4.62. The molecule has 0 fully saturated rings. The number of methoxy groups -OCH3 is 3. The Morgan fingerprint density at radius 1 is 1.10 bits per heavy atom. The van der Waals surface area contributed by atoms with Crippen LogP contribution in [-0.4, -0.2) is 41.9 Å². The van der Waals surface area contributed by atoms with E-state index in [0.29, 0.717) is 35.7 Å². The lowest BCUT2D eigenvalue weighted by molar-refractivity contribution is -0.117. The molecule has 1 unspecified atom stereocenters. The van der Waals surface area contributed by atoms with Gasteiger partial charge < -0.3 is 19.5 Å². The zero-order valence-corrected chi connectivity index (χ0v) is 19.1. The number of allylic oxidation sites excluding steroid dienone is 1. The van der Waals surface area contributed by atoms with Crippen LogP contribution in [0.25, 0.3) is 11.1 Å². The Morgan fingerprint density at radius 2 is 1.81 bits per heavy atom. The summed E-state index contributed by atoms with van der Waals surface area (Å²) < 4.78 is 41.2. The van der Waals surface area contributed by atoms with E-state index in [9.17, 15) is 13.2 Å². The molecule has 3 rings (SSSR count). The van der Waals surface area contributed by atoms with Crippen molar-refractivity contribution >= 4 is 15.7 Å². The SMILES string of the molecule is CC=CC(=O)NC1CCc2cc(OC)c(OC)c(OC)c2-c2ccc(S(C)(=O)=O)cc21. The van der Waals surface area contributed by atoms with Crippen molar-refractivity contribution in [2.45, 2.75) is 30.7 Å². The molecular formula is C23H27NO6S. The van der Waals surface area contributed by atoms with Crippen LogP contribution >= 0.6 is 0 Å². The van der Waals surface area contributed by atoms with E-state index in [4.69, 9.17) is 14.2 Å². The normalized spacial score (nSPS) is 15.6. The second-order valence-electron chi connectivity index (χ2n) is 7.30. The molecule has 166 valence electrons. The molecule has 8 heteroatoms. The fourth-order valence-electron chi connectivity index (χ4n) is 3.96. The topological polar surface area (TPSA) is 90.9 Å². The summed E-state index contributed by atoms with van der Waals surface area (Å²) in [6.07, 6.45) is 5.48. The molecule has 0 aliphatic heterocycles. The average Bonchev–Trinajstić information content (AvgIpc) is 2.88. The van der Waals surface area contributed by atoms with E-state index in [1.807, 2.05) is 6.07 Å². The summed E-state index contributed by atoms with van der Waals surface area (Å²) in [7, 11) is 1.23. The number of amides is 1. The second-order valence-corrected chi connectivity index (χ2v) is 9.32. The van der Waals surface area contributed by atoms with Gasteiger partial charge in [0.2, 0.25) is 11.7 Å². The van der Waals surface area contributed by atoms with Crippen LogP contribution in [0, 0.1) is 0 Å². The maximum Gasteiger partial charge on any atom is 0.244 e. The van der Waals surface area contributed by atoms with E-state index in [1.165, 1.54) is 19.4 Å². The molecular weight excluding hydrogens is 418 g/mol. The molecule has 2 aromatic carbocycles. The van der Waals surface area contributed by atoms with E-state index in [0.717, 1.165) is 16.7 Å². The van der Waals surface area contributed by atoms with Crippen LogP contribution < -0.4 is 19.5 Å². The number of rotatable bonds is 6. The van der Waals surface area contributed by atoms with Crippen molar-refractivity contribution in [1.82, 2.24) is 5.32 Å². The summed E-state index contributed by atoms with van der Waals surface area (Å²) in [5.41, 5.74) is 3.26. The average molecular weight is 446 g/mol. The first-order valence-corrected chi connectivity index (χ1v) is 11.7. The first kappa shape index (κ1) is 22.7. The molecule has 1 aliphatic rings. The Morgan fingerprint density at radius 3 is 2.39 bits per heavy atom. The van der Waals surface area contributed by atoms with E-state index in [-0.39, 0.29) is 16.8 Å². The largest absolute Gasteiger partial charge is 0.493 e. The summed E-state index contributed by atoms with van der Waals surface area (Å²) in [6.45, 7) is 1.77. The molecule has 0 aromatic heterocycles. The van der Waals surface area contributed by atoms with Crippen LogP contribution in [0.1, 0.15) is 30.5 Å². The minimum atomic E-state index is -3.43.